The van der Waals surface area contributed by atoms with Crippen molar-refractivity contribution in [2.75, 3.05) is 19.8 Å². The van der Waals surface area contributed by atoms with E-state index in [4.69, 9.17) is 18.8 Å². The summed E-state index contributed by atoms with van der Waals surface area (Å²) in [7, 11) is -5.58. The Hall–Kier alpha value is -0.240. The lowest BCUT2D eigenvalue weighted by Gasteiger charge is -2.40. The van der Waals surface area contributed by atoms with E-state index < -0.39 is 48.5 Å². The third-order valence-corrected chi connectivity index (χ3v) is 5.62. The molecule has 1 aromatic carbocycles. The zero-order valence-corrected chi connectivity index (χ0v) is 19.6. The van der Waals surface area contributed by atoms with Gasteiger partial charge < -0.3 is 38.8 Å². The molecule has 8 nitrogen and oxygen atoms in total. The SMILES string of the molecule is CC(C)(C)c1ccc(C(OP(O)O)C(CO)(CO)COP(O)O)c(C(C)(C)C)c1. The van der Waals surface area contributed by atoms with E-state index >= 15 is 0 Å². The van der Waals surface area contributed by atoms with Crippen LogP contribution in [0, 0.1) is 5.41 Å². The van der Waals surface area contributed by atoms with E-state index in [-0.39, 0.29) is 10.8 Å². The Morgan fingerprint density at radius 2 is 1.41 bits per heavy atom. The molecule has 1 rings (SSSR count). The van der Waals surface area contributed by atoms with Gasteiger partial charge in [0.15, 0.2) is 0 Å². The molecule has 1 aromatic rings. The maximum absolute atomic E-state index is 10.1. The standard InChI is InChI=1S/C19H34O8P2/c1-17(2,3)13-7-8-14(15(9-13)18(4,5)6)16(27-29(24)25)19(10-20,11-21)12-26-28(22)23/h7-9,16,20-25H,10-12H2,1-6H3. The van der Waals surface area contributed by atoms with Gasteiger partial charge in [0.05, 0.1) is 25.2 Å². The first-order valence-corrected chi connectivity index (χ1v) is 11.5. The first-order valence-electron chi connectivity index (χ1n) is 9.20. The summed E-state index contributed by atoms with van der Waals surface area (Å²) in [4.78, 5) is 37.5. The quantitative estimate of drug-likeness (QED) is 0.315. The summed E-state index contributed by atoms with van der Waals surface area (Å²) in [6.07, 6.45) is -1.17. The Bertz CT molecular complexity index is 649. The van der Waals surface area contributed by atoms with E-state index in [1.807, 2.05) is 32.9 Å². The molecule has 0 amide bonds. The molecule has 0 spiro atoms. The lowest BCUT2D eigenvalue weighted by Crippen LogP contribution is -2.42. The fourth-order valence-electron chi connectivity index (χ4n) is 3.06. The van der Waals surface area contributed by atoms with Gasteiger partial charge in [0.25, 0.3) is 0 Å². The Labute approximate surface area is 175 Å². The Kier molecular flexibility index (Phi) is 9.59. The highest BCUT2D eigenvalue weighted by molar-refractivity contribution is 7.39. The van der Waals surface area contributed by atoms with Crippen molar-refractivity contribution >= 4 is 17.2 Å². The fourth-order valence-corrected chi connectivity index (χ4v) is 3.96. The maximum atomic E-state index is 10.1. The highest BCUT2D eigenvalue weighted by Gasteiger charge is 2.44. The van der Waals surface area contributed by atoms with Crippen LogP contribution in [-0.2, 0) is 19.9 Å². The highest BCUT2D eigenvalue weighted by Crippen LogP contribution is 2.49. The van der Waals surface area contributed by atoms with Crippen LogP contribution in [0.4, 0.5) is 0 Å². The lowest BCUT2D eigenvalue weighted by atomic mass is 9.73. The second kappa shape index (κ2) is 10.4. The number of hydrogen-bond donors (Lipinski definition) is 6. The zero-order chi connectivity index (χ0) is 22.6. The van der Waals surface area contributed by atoms with E-state index in [0.29, 0.717) is 5.56 Å². The molecule has 0 aliphatic carbocycles. The van der Waals surface area contributed by atoms with Gasteiger partial charge >= 0.3 is 17.2 Å². The van der Waals surface area contributed by atoms with Crippen LogP contribution in [-0.4, -0.2) is 49.6 Å². The Morgan fingerprint density at radius 3 is 1.79 bits per heavy atom. The molecule has 0 saturated heterocycles. The van der Waals surface area contributed by atoms with Crippen molar-refractivity contribution in [1.29, 1.82) is 0 Å². The van der Waals surface area contributed by atoms with Crippen LogP contribution in [0.15, 0.2) is 18.2 Å². The topological polar surface area (TPSA) is 140 Å². The van der Waals surface area contributed by atoms with E-state index in [2.05, 4.69) is 20.8 Å². The Morgan fingerprint density at radius 1 is 0.862 bits per heavy atom. The summed E-state index contributed by atoms with van der Waals surface area (Å²) in [6, 6.07) is 5.68. The summed E-state index contributed by atoms with van der Waals surface area (Å²) < 4.78 is 10.3. The van der Waals surface area contributed by atoms with Gasteiger partial charge in [-0.2, -0.15) is 0 Å². The lowest BCUT2D eigenvalue weighted by molar-refractivity contribution is -0.0732. The number of benzene rings is 1. The predicted octanol–water partition coefficient (Wildman–Crippen LogP) is 2.75. The maximum Gasteiger partial charge on any atom is 0.327 e. The minimum absolute atomic E-state index is 0.132. The van der Waals surface area contributed by atoms with Gasteiger partial charge in [-0.1, -0.05) is 59.7 Å². The van der Waals surface area contributed by atoms with Gasteiger partial charge in [0.1, 0.15) is 6.10 Å². The average molecular weight is 452 g/mol. The molecule has 0 aromatic heterocycles. The van der Waals surface area contributed by atoms with Gasteiger partial charge in [-0.15, -0.1) is 0 Å². The van der Waals surface area contributed by atoms with Crippen molar-refractivity contribution in [2.45, 2.75) is 58.5 Å². The largest absolute Gasteiger partial charge is 0.395 e. The van der Waals surface area contributed by atoms with Crippen LogP contribution in [0.3, 0.4) is 0 Å². The number of hydrogen-bond acceptors (Lipinski definition) is 8. The molecule has 168 valence electrons. The minimum Gasteiger partial charge on any atom is -0.395 e. The number of rotatable bonds is 9. The van der Waals surface area contributed by atoms with Gasteiger partial charge in [-0.3, -0.25) is 0 Å². The molecule has 1 unspecified atom stereocenters. The average Bonchev–Trinajstić information content (AvgIpc) is 2.59. The molecule has 0 heterocycles. The van der Waals surface area contributed by atoms with Gasteiger partial charge in [0.2, 0.25) is 0 Å². The van der Waals surface area contributed by atoms with Gasteiger partial charge in [0, 0.05) is 0 Å². The molecule has 0 aliphatic heterocycles. The van der Waals surface area contributed by atoms with E-state index in [1.165, 1.54) is 0 Å². The summed E-state index contributed by atoms with van der Waals surface area (Å²) in [5.74, 6) is 0. The summed E-state index contributed by atoms with van der Waals surface area (Å²) in [5, 5.41) is 20.2. The molecule has 0 bridgehead atoms. The zero-order valence-electron chi connectivity index (χ0n) is 17.8. The summed E-state index contributed by atoms with van der Waals surface area (Å²) >= 11 is 0. The van der Waals surface area contributed by atoms with E-state index in [9.17, 15) is 20.0 Å². The van der Waals surface area contributed by atoms with Crippen molar-refractivity contribution in [1.82, 2.24) is 0 Å². The molecule has 0 saturated carbocycles. The third-order valence-electron chi connectivity index (χ3n) is 4.86. The van der Waals surface area contributed by atoms with Crippen LogP contribution in [0.2, 0.25) is 0 Å². The van der Waals surface area contributed by atoms with Crippen molar-refractivity contribution < 1.29 is 38.8 Å². The van der Waals surface area contributed by atoms with Gasteiger partial charge in [-0.05, 0) is 27.5 Å². The van der Waals surface area contributed by atoms with Crippen molar-refractivity contribution in [2.24, 2.45) is 5.41 Å². The highest BCUT2D eigenvalue weighted by atomic mass is 31.2. The Balaban J connectivity index is 3.69. The minimum atomic E-state index is -2.84. The molecule has 29 heavy (non-hydrogen) atoms. The second-order valence-electron chi connectivity index (χ2n) is 9.25. The molecule has 1 atom stereocenters. The normalized spacial score (nSPS) is 14.7. The molecule has 0 aliphatic rings. The van der Waals surface area contributed by atoms with Gasteiger partial charge in [-0.25, -0.2) is 0 Å². The van der Waals surface area contributed by atoms with E-state index in [0.717, 1.165) is 11.1 Å². The first-order chi connectivity index (χ1) is 13.2. The first kappa shape index (κ1) is 26.8. The third kappa shape index (κ3) is 7.15. The van der Waals surface area contributed by atoms with Crippen LogP contribution in [0.1, 0.15) is 64.3 Å². The molecular weight excluding hydrogens is 418 g/mol. The van der Waals surface area contributed by atoms with Crippen molar-refractivity contribution in [3.05, 3.63) is 34.9 Å². The van der Waals surface area contributed by atoms with Crippen LogP contribution in [0.25, 0.3) is 0 Å². The van der Waals surface area contributed by atoms with E-state index in [1.54, 1.807) is 6.07 Å². The van der Waals surface area contributed by atoms with Crippen LogP contribution < -0.4 is 0 Å². The number of aliphatic hydroxyl groups excluding tert-OH is 2. The summed E-state index contributed by atoms with van der Waals surface area (Å²) in [6.45, 7) is 10.5. The molecular formula is C19H34O8P2. The predicted molar refractivity (Wildman–Crippen MR) is 113 cm³/mol. The molecule has 10 heteroatoms. The fraction of sp³-hybridized carbons (Fsp3) is 0.684. The second-order valence-corrected chi connectivity index (χ2v) is 10.7. The molecule has 0 fully saturated rings. The smallest absolute Gasteiger partial charge is 0.327 e. The summed E-state index contributed by atoms with van der Waals surface area (Å²) in [5.41, 5.74) is 0.406. The molecule has 6 N–H and O–H groups in total. The van der Waals surface area contributed by atoms with Crippen LogP contribution in [0.5, 0.6) is 0 Å². The van der Waals surface area contributed by atoms with Crippen molar-refractivity contribution in [3.8, 4) is 0 Å². The van der Waals surface area contributed by atoms with Crippen LogP contribution >= 0.6 is 17.2 Å². The number of aliphatic hydroxyl groups is 2. The monoisotopic (exact) mass is 452 g/mol. The van der Waals surface area contributed by atoms with Crippen molar-refractivity contribution in [3.63, 3.8) is 0 Å². The molecule has 0 radical (unpaired) electrons.